The van der Waals surface area contributed by atoms with Gasteiger partial charge in [-0.2, -0.15) is 5.10 Å². The van der Waals surface area contributed by atoms with Crippen LogP contribution in [0.1, 0.15) is 11.3 Å². The third-order valence-electron chi connectivity index (χ3n) is 4.16. The Balaban J connectivity index is 1.98. The molecule has 1 aromatic heterocycles. The fourth-order valence-corrected chi connectivity index (χ4v) is 3.24. The summed E-state index contributed by atoms with van der Waals surface area (Å²) in [7, 11) is 0. The minimum Gasteiger partial charge on any atom is -0.508 e. The van der Waals surface area contributed by atoms with E-state index in [1.807, 2.05) is 48.5 Å². The van der Waals surface area contributed by atoms with Crippen LogP contribution < -0.4 is 0 Å². The number of aromatic hydroxyl groups is 1. The van der Waals surface area contributed by atoms with Crippen LogP contribution in [0.2, 0.25) is 5.02 Å². The molecule has 0 saturated carbocycles. The molecule has 1 heterocycles. The van der Waals surface area contributed by atoms with Crippen molar-refractivity contribution in [3.8, 4) is 16.9 Å². The zero-order valence-electron chi connectivity index (χ0n) is 13.4. The van der Waals surface area contributed by atoms with E-state index in [4.69, 9.17) is 11.6 Å². The first-order valence-electron chi connectivity index (χ1n) is 7.99. The lowest BCUT2D eigenvalue weighted by Crippen LogP contribution is -2.00. The zero-order valence-corrected chi connectivity index (χ0v) is 14.1. The van der Waals surface area contributed by atoms with Crippen molar-refractivity contribution in [1.82, 2.24) is 10.2 Å². The van der Waals surface area contributed by atoms with Crippen LogP contribution in [0.25, 0.3) is 22.0 Å². The van der Waals surface area contributed by atoms with E-state index >= 15 is 0 Å². The van der Waals surface area contributed by atoms with E-state index in [1.54, 1.807) is 12.1 Å². The van der Waals surface area contributed by atoms with Crippen LogP contribution in [0.4, 0.5) is 0 Å². The molecule has 3 aromatic carbocycles. The van der Waals surface area contributed by atoms with Gasteiger partial charge in [-0.15, -0.1) is 5.10 Å². The lowest BCUT2D eigenvalue weighted by atomic mass is 9.96. The summed E-state index contributed by atoms with van der Waals surface area (Å²) in [4.78, 5) is 0. The maximum Gasteiger partial charge on any atom is 0.116 e. The van der Waals surface area contributed by atoms with E-state index in [2.05, 4.69) is 22.3 Å². The number of nitrogens with zero attached hydrogens (tertiary/aromatic N) is 2. The number of hydrogen-bond donors (Lipinski definition) is 1. The van der Waals surface area contributed by atoms with Gasteiger partial charge in [0.05, 0.1) is 10.7 Å². The van der Waals surface area contributed by atoms with Gasteiger partial charge in [-0.1, -0.05) is 66.2 Å². The molecule has 4 aromatic rings. The molecule has 0 amide bonds. The molecule has 0 saturated heterocycles. The largest absolute Gasteiger partial charge is 0.508 e. The van der Waals surface area contributed by atoms with Gasteiger partial charge in [0.15, 0.2) is 0 Å². The minimum atomic E-state index is 0.218. The average Bonchev–Trinajstić information content (AvgIpc) is 2.62. The van der Waals surface area contributed by atoms with Crippen molar-refractivity contribution in [2.75, 3.05) is 0 Å². The number of fused-ring (bicyclic) bond motifs is 1. The fraction of sp³-hybridized carbons (Fsp3) is 0.0476. The normalized spacial score (nSPS) is 10.9. The quantitative estimate of drug-likeness (QED) is 0.551. The number of halogens is 1. The highest BCUT2D eigenvalue weighted by Gasteiger charge is 2.15. The number of phenols is 1. The van der Waals surface area contributed by atoms with Gasteiger partial charge in [0.25, 0.3) is 0 Å². The first kappa shape index (κ1) is 15.6. The standard InChI is InChI=1S/C21H15ClN2O/c22-18-11-5-10-17-20(15-8-4-9-16(25)13-15)19(23-24-21(17)18)12-14-6-2-1-3-7-14/h1-11,13,25H,12H2. The Morgan fingerprint density at radius 1 is 0.840 bits per heavy atom. The van der Waals surface area contributed by atoms with E-state index in [9.17, 15) is 5.11 Å². The van der Waals surface area contributed by atoms with Gasteiger partial charge < -0.3 is 5.11 Å². The van der Waals surface area contributed by atoms with E-state index < -0.39 is 0 Å². The van der Waals surface area contributed by atoms with Crippen LogP contribution in [0.3, 0.4) is 0 Å². The molecule has 4 heteroatoms. The summed E-state index contributed by atoms with van der Waals surface area (Å²) in [6, 6.07) is 23.0. The van der Waals surface area contributed by atoms with Crippen LogP contribution in [0.15, 0.2) is 72.8 Å². The molecule has 0 aliphatic carbocycles. The van der Waals surface area contributed by atoms with E-state index in [0.717, 1.165) is 27.8 Å². The Bertz CT molecular complexity index is 1050. The second kappa shape index (κ2) is 6.54. The number of benzene rings is 3. The lowest BCUT2D eigenvalue weighted by Gasteiger charge is -2.13. The van der Waals surface area contributed by atoms with E-state index in [0.29, 0.717) is 17.0 Å². The highest BCUT2D eigenvalue weighted by Crippen LogP contribution is 2.34. The molecular formula is C21H15ClN2O. The van der Waals surface area contributed by atoms with Crippen molar-refractivity contribution in [1.29, 1.82) is 0 Å². The average molecular weight is 347 g/mol. The Labute approximate surface area is 150 Å². The van der Waals surface area contributed by atoms with Gasteiger partial charge in [0.1, 0.15) is 11.3 Å². The molecule has 0 radical (unpaired) electrons. The Morgan fingerprint density at radius 2 is 1.64 bits per heavy atom. The number of hydrogen-bond acceptors (Lipinski definition) is 3. The molecule has 1 N–H and O–H groups in total. The highest BCUT2D eigenvalue weighted by molar-refractivity contribution is 6.35. The zero-order chi connectivity index (χ0) is 17.2. The predicted molar refractivity (Wildman–Crippen MR) is 101 cm³/mol. The van der Waals surface area contributed by atoms with E-state index in [1.165, 1.54) is 0 Å². The molecule has 0 unspecified atom stereocenters. The molecule has 0 aliphatic heterocycles. The van der Waals surface area contributed by atoms with Gasteiger partial charge in [-0.05, 0) is 29.3 Å². The molecule has 0 spiro atoms. The molecule has 0 fully saturated rings. The lowest BCUT2D eigenvalue weighted by molar-refractivity contribution is 0.475. The van der Waals surface area contributed by atoms with Crippen LogP contribution in [-0.2, 0) is 6.42 Å². The molecule has 0 aliphatic rings. The molecular weight excluding hydrogens is 332 g/mol. The van der Waals surface area contributed by atoms with E-state index in [-0.39, 0.29) is 5.75 Å². The van der Waals surface area contributed by atoms with Crippen LogP contribution >= 0.6 is 11.6 Å². The summed E-state index contributed by atoms with van der Waals surface area (Å²) < 4.78 is 0. The Hall–Kier alpha value is -2.91. The maximum absolute atomic E-state index is 9.92. The molecule has 122 valence electrons. The Kier molecular flexibility index (Phi) is 4.08. The molecule has 0 bridgehead atoms. The summed E-state index contributed by atoms with van der Waals surface area (Å²) in [6.45, 7) is 0. The first-order chi connectivity index (χ1) is 12.2. The third kappa shape index (κ3) is 3.06. The number of phenolic OH excluding ortho intramolecular Hbond substituents is 1. The Morgan fingerprint density at radius 3 is 2.44 bits per heavy atom. The third-order valence-corrected chi connectivity index (χ3v) is 4.47. The summed E-state index contributed by atoms with van der Waals surface area (Å²) in [5.41, 5.74) is 4.52. The minimum absolute atomic E-state index is 0.218. The molecule has 3 nitrogen and oxygen atoms in total. The molecule has 0 atom stereocenters. The topological polar surface area (TPSA) is 46.0 Å². The highest BCUT2D eigenvalue weighted by atomic mass is 35.5. The first-order valence-corrected chi connectivity index (χ1v) is 8.37. The number of aromatic nitrogens is 2. The monoisotopic (exact) mass is 346 g/mol. The van der Waals surface area contributed by atoms with Gasteiger partial charge in [-0.25, -0.2) is 0 Å². The van der Waals surface area contributed by atoms with Gasteiger partial charge in [0, 0.05) is 17.4 Å². The van der Waals surface area contributed by atoms with Crippen LogP contribution in [0, 0.1) is 0 Å². The predicted octanol–water partition coefficient (Wildman–Crippen LogP) is 5.25. The number of rotatable bonds is 3. The van der Waals surface area contributed by atoms with Gasteiger partial charge in [-0.3, -0.25) is 0 Å². The SMILES string of the molecule is Oc1cccc(-c2c(Cc3ccccc3)nnc3c(Cl)cccc23)c1. The second-order valence-corrected chi connectivity index (χ2v) is 6.28. The van der Waals surface area contributed by atoms with Crippen LogP contribution in [0.5, 0.6) is 5.75 Å². The van der Waals surface area contributed by atoms with Crippen molar-refractivity contribution in [3.63, 3.8) is 0 Å². The molecule has 25 heavy (non-hydrogen) atoms. The van der Waals surface area contributed by atoms with Crippen molar-refractivity contribution in [2.45, 2.75) is 6.42 Å². The van der Waals surface area contributed by atoms with Crippen molar-refractivity contribution < 1.29 is 5.11 Å². The van der Waals surface area contributed by atoms with Crippen molar-refractivity contribution >= 4 is 22.5 Å². The van der Waals surface area contributed by atoms with Crippen molar-refractivity contribution in [3.05, 3.63) is 89.1 Å². The van der Waals surface area contributed by atoms with Gasteiger partial charge in [0.2, 0.25) is 0 Å². The summed E-state index contributed by atoms with van der Waals surface area (Å²) in [5, 5.41) is 20.2. The summed E-state index contributed by atoms with van der Waals surface area (Å²) in [5.74, 6) is 0.218. The van der Waals surface area contributed by atoms with Crippen molar-refractivity contribution in [2.24, 2.45) is 0 Å². The smallest absolute Gasteiger partial charge is 0.116 e. The van der Waals surface area contributed by atoms with Crippen LogP contribution in [-0.4, -0.2) is 15.3 Å². The summed E-state index contributed by atoms with van der Waals surface area (Å²) in [6.07, 6.45) is 0.654. The maximum atomic E-state index is 9.92. The second-order valence-electron chi connectivity index (χ2n) is 5.87. The fourth-order valence-electron chi connectivity index (χ4n) is 3.03. The van der Waals surface area contributed by atoms with Gasteiger partial charge >= 0.3 is 0 Å². The molecule has 4 rings (SSSR count). The summed E-state index contributed by atoms with van der Waals surface area (Å²) >= 11 is 6.31.